The Morgan fingerprint density at radius 3 is 2.26 bits per heavy atom. The maximum Gasteiger partial charge on any atom is 0.264 e. The monoisotopic (exact) mass is 360 g/mol. The third-order valence-electron chi connectivity index (χ3n) is 4.33. The van der Waals surface area contributed by atoms with Crippen molar-refractivity contribution in [2.45, 2.75) is 6.42 Å². The number of hydrogen-bond acceptors (Lipinski definition) is 3. The third-order valence-corrected chi connectivity index (χ3v) is 4.33. The molecule has 3 rings (SSSR count). The summed E-state index contributed by atoms with van der Waals surface area (Å²) < 4.78 is 5.79. The normalized spacial score (nSPS) is 10.3. The first-order chi connectivity index (χ1) is 13.2. The number of nitrogens with zero attached hydrogens (tertiary/aromatic N) is 1. The Hall–Kier alpha value is -3.27. The summed E-state index contributed by atoms with van der Waals surface area (Å²) in [5, 5.41) is 3.40. The average molecular weight is 360 g/mol. The Kier molecular flexibility index (Phi) is 6.47. The lowest BCUT2D eigenvalue weighted by molar-refractivity contribution is -0.120. The average Bonchev–Trinajstić information content (AvgIpc) is 2.73. The Morgan fingerprint density at radius 2 is 1.52 bits per heavy atom. The van der Waals surface area contributed by atoms with Gasteiger partial charge in [-0.25, -0.2) is 0 Å². The maximum atomic E-state index is 12.4. The van der Waals surface area contributed by atoms with E-state index in [2.05, 4.69) is 17.4 Å². The fraction of sp³-hybridized carbons (Fsp3) is 0.174. The van der Waals surface area contributed by atoms with Gasteiger partial charge >= 0.3 is 0 Å². The predicted octanol–water partition coefficient (Wildman–Crippen LogP) is 4.38. The highest BCUT2D eigenvalue weighted by molar-refractivity contribution is 5.93. The highest BCUT2D eigenvalue weighted by atomic mass is 16.5. The van der Waals surface area contributed by atoms with Gasteiger partial charge < -0.3 is 15.0 Å². The van der Waals surface area contributed by atoms with E-state index in [4.69, 9.17) is 4.74 Å². The van der Waals surface area contributed by atoms with E-state index in [-0.39, 0.29) is 12.5 Å². The predicted molar refractivity (Wildman–Crippen MR) is 110 cm³/mol. The summed E-state index contributed by atoms with van der Waals surface area (Å²) in [6.45, 7) is 0.783. The standard InChI is InChI=1S/C23H24N2O2/c1-25(20-12-6-3-7-13-20)23(26)18-27-22-15-9-8-14-21(22)24-17-16-19-10-4-2-5-11-19/h2-15,24H,16-18H2,1H3. The van der Waals surface area contributed by atoms with Crippen molar-refractivity contribution >= 4 is 17.3 Å². The second kappa shape index (κ2) is 9.43. The quantitative estimate of drug-likeness (QED) is 0.648. The lowest BCUT2D eigenvalue weighted by atomic mass is 10.1. The van der Waals surface area contributed by atoms with Crippen molar-refractivity contribution < 1.29 is 9.53 Å². The number of nitrogens with one attached hydrogen (secondary N) is 1. The summed E-state index contributed by atoms with van der Waals surface area (Å²) in [6.07, 6.45) is 0.921. The minimum absolute atomic E-state index is 0.0111. The molecule has 0 saturated carbocycles. The molecule has 0 aliphatic heterocycles. The van der Waals surface area contributed by atoms with Crippen molar-refractivity contribution in [2.24, 2.45) is 0 Å². The zero-order chi connectivity index (χ0) is 18.9. The van der Waals surface area contributed by atoms with Gasteiger partial charge in [-0.3, -0.25) is 4.79 Å². The van der Waals surface area contributed by atoms with Gasteiger partial charge in [-0.05, 0) is 36.2 Å². The topological polar surface area (TPSA) is 41.6 Å². The molecule has 0 heterocycles. The second-order valence-electron chi connectivity index (χ2n) is 6.24. The van der Waals surface area contributed by atoms with Crippen LogP contribution >= 0.6 is 0 Å². The number of carbonyl (C=O) groups excluding carboxylic acids is 1. The fourth-order valence-electron chi connectivity index (χ4n) is 2.76. The molecule has 138 valence electrons. The van der Waals surface area contributed by atoms with Crippen LogP contribution in [0, 0.1) is 0 Å². The van der Waals surface area contributed by atoms with Crippen molar-refractivity contribution in [1.82, 2.24) is 0 Å². The van der Waals surface area contributed by atoms with Crippen LogP contribution in [0.15, 0.2) is 84.9 Å². The van der Waals surface area contributed by atoms with Gasteiger partial charge in [0.25, 0.3) is 5.91 Å². The Labute approximate surface area is 160 Å². The number of amides is 1. The number of para-hydroxylation sites is 3. The molecule has 0 atom stereocenters. The molecule has 0 spiro atoms. The van der Waals surface area contributed by atoms with Crippen LogP contribution in [0.2, 0.25) is 0 Å². The Bertz CT molecular complexity index is 851. The molecule has 0 unspecified atom stereocenters. The first-order valence-corrected chi connectivity index (χ1v) is 9.05. The van der Waals surface area contributed by atoms with Crippen LogP contribution in [0.5, 0.6) is 5.75 Å². The number of benzene rings is 3. The third kappa shape index (κ3) is 5.35. The summed E-state index contributed by atoms with van der Waals surface area (Å²) in [4.78, 5) is 14.0. The van der Waals surface area contributed by atoms with Crippen molar-refractivity contribution in [3.05, 3.63) is 90.5 Å². The zero-order valence-corrected chi connectivity index (χ0v) is 15.5. The van der Waals surface area contributed by atoms with Crippen molar-refractivity contribution in [3.8, 4) is 5.75 Å². The molecular formula is C23H24N2O2. The van der Waals surface area contributed by atoms with Crippen molar-refractivity contribution in [2.75, 3.05) is 30.4 Å². The smallest absolute Gasteiger partial charge is 0.264 e. The minimum Gasteiger partial charge on any atom is -0.482 e. The highest BCUT2D eigenvalue weighted by Gasteiger charge is 2.12. The van der Waals surface area contributed by atoms with Gasteiger partial charge in [-0.1, -0.05) is 60.7 Å². The van der Waals surface area contributed by atoms with Crippen LogP contribution in [0.1, 0.15) is 5.56 Å². The van der Waals surface area contributed by atoms with Gasteiger partial charge in [-0.2, -0.15) is 0 Å². The van der Waals surface area contributed by atoms with Crippen LogP contribution in [-0.4, -0.2) is 26.1 Å². The molecule has 4 heteroatoms. The SMILES string of the molecule is CN(C(=O)COc1ccccc1NCCc1ccccc1)c1ccccc1. The number of likely N-dealkylation sites (N-methyl/N-ethyl adjacent to an activating group) is 1. The highest BCUT2D eigenvalue weighted by Crippen LogP contribution is 2.24. The summed E-state index contributed by atoms with van der Waals surface area (Å²) in [6, 6.07) is 27.6. The molecule has 4 nitrogen and oxygen atoms in total. The first kappa shape index (κ1) is 18.5. The second-order valence-corrected chi connectivity index (χ2v) is 6.24. The van der Waals surface area contributed by atoms with Crippen molar-refractivity contribution in [1.29, 1.82) is 0 Å². The van der Waals surface area contributed by atoms with Gasteiger partial charge in [0.1, 0.15) is 5.75 Å². The summed E-state index contributed by atoms with van der Waals surface area (Å²) in [5.74, 6) is 0.584. The van der Waals surface area contributed by atoms with Crippen LogP contribution < -0.4 is 15.0 Å². The molecule has 0 bridgehead atoms. The Morgan fingerprint density at radius 1 is 0.889 bits per heavy atom. The lowest BCUT2D eigenvalue weighted by Gasteiger charge is -2.18. The molecule has 3 aromatic rings. The molecule has 0 aliphatic carbocycles. The largest absolute Gasteiger partial charge is 0.482 e. The number of carbonyl (C=O) groups is 1. The minimum atomic E-state index is -0.0970. The molecule has 27 heavy (non-hydrogen) atoms. The van der Waals surface area contributed by atoms with Crippen LogP contribution in [-0.2, 0) is 11.2 Å². The molecule has 0 aromatic heterocycles. The van der Waals surface area contributed by atoms with E-state index < -0.39 is 0 Å². The van der Waals surface area contributed by atoms with Gasteiger partial charge in [-0.15, -0.1) is 0 Å². The van der Waals surface area contributed by atoms with Gasteiger partial charge in [0.05, 0.1) is 5.69 Å². The van der Waals surface area contributed by atoms with Crippen LogP contribution in [0.25, 0.3) is 0 Å². The summed E-state index contributed by atoms with van der Waals surface area (Å²) >= 11 is 0. The molecule has 3 aromatic carbocycles. The van der Waals surface area contributed by atoms with Crippen LogP contribution in [0.3, 0.4) is 0 Å². The first-order valence-electron chi connectivity index (χ1n) is 9.05. The van der Waals surface area contributed by atoms with E-state index in [1.54, 1.807) is 11.9 Å². The van der Waals surface area contributed by atoms with E-state index in [9.17, 15) is 4.79 Å². The van der Waals surface area contributed by atoms with E-state index in [1.807, 2.05) is 72.8 Å². The molecular weight excluding hydrogens is 336 g/mol. The van der Waals surface area contributed by atoms with Gasteiger partial charge in [0, 0.05) is 19.3 Å². The maximum absolute atomic E-state index is 12.4. The molecule has 1 amide bonds. The molecule has 0 saturated heterocycles. The van der Waals surface area contributed by atoms with E-state index in [1.165, 1.54) is 5.56 Å². The number of rotatable bonds is 8. The fourth-order valence-corrected chi connectivity index (χ4v) is 2.76. The van der Waals surface area contributed by atoms with Gasteiger partial charge in [0.15, 0.2) is 6.61 Å². The van der Waals surface area contributed by atoms with E-state index in [0.29, 0.717) is 5.75 Å². The van der Waals surface area contributed by atoms with E-state index >= 15 is 0 Å². The molecule has 0 aliphatic rings. The number of hydrogen-bond donors (Lipinski definition) is 1. The summed E-state index contributed by atoms with van der Waals surface area (Å²) in [5.41, 5.74) is 3.02. The Balaban J connectivity index is 1.55. The van der Waals surface area contributed by atoms with Gasteiger partial charge in [0.2, 0.25) is 0 Å². The molecule has 0 radical (unpaired) electrons. The number of anilines is 2. The molecule has 0 fully saturated rings. The van der Waals surface area contributed by atoms with E-state index in [0.717, 1.165) is 24.3 Å². The van der Waals surface area contributed by atoms with Crippen LogP contribution in [0.4, 0.5) is 11.4 Å². The zero-order valence-electron chi connectivity index (χ0n) is 15.5. The lowest BCUT2D eigenvalue weighted by Crippen LogP contribution is -2.31. The number of ether oxygens (including phenoxy) is 1. The molecule has 1 N–H and O–H groups in total. The summed E-state index contributed by atoms with van der Waals surface area (Å²) in [7, 11) is 1.76. The van der Waals surface area contributed by atoms with Crippen molar-refractivity contribution in [3.63, 3.8) is 0 Å².